The maximum atomic E-state index is 9.56. The summed E-state index contributed by atoms with van der Waals surface area (Å²) < 4.78 is 5.95. The minimum atomic E-state index is -0.254. The van der Waals surface area contributed by atoms with Gasteiger partial charge in [-0.25, -0.2) is 0 Å². The lowest BCUT2D eigenvalue weighted by Gasteiger charge is -2.40. The summed E-state index contributed by atoms with van der Waals surface area (Å²) in [7, 11) is 0. The van der Waals surface area contributed by atoms with Crippen LogP contribution in [0.3, 0.4) is 0 Å². The Labute approximate surface area is 144 Å². The van der Waals surface area contributed by atoms with Crippen LogP contribution in [0.25, 0.3) is 10.8 Å². The van der Waals surface area contributed by atoms with Gasteiger partial charge in [-0.15, -0.1) is 0 Å². The molecule has 1 N–H and O–H groups in total. The van der Waals surface area contributed by atoms with Crippen molar-refractivity contribution in [3.8, 4) is 5.75 Å². The number of hydrogen-bond donors (Lipinski definition) is 1. The molecule has 4 nitrogen and oxygen atoms in total. The van der Waals surface area contributed by atoms with Gasteiger partial charge in [0.1, 0.15) is 12.4 Å². The van der Waals surface area contributed by atoms with Gasteiger partial charge in [-0.05, 0) is 36.8 Å². The summed E-state index contributed by atoms with van der Waals surface area (Å²) in [6, 6.07) is 15.1. The smallest absolute Gasteiger partial charge is 0.120 e. The molecule has 0 aromatic heterocycles. The first kappa shape index (κ1) is 17.2. The fourth-order valence-electron chi connectivity index (χ4n) is 3.43. The third kappa shape index (κ3) is 4.47. The van der Waals surface area contributed by atoms with Crippen molar-refractivity contribution in [2.24, 2.45) is 0 Å². The molecule has 0 unspecified atom stereocenters. The number of rotatable bonds is 6. The molecule has 130 valence electrons. The largest absolute Gasteiger partial charge is 0.492 e. The Hall–Kier alpha value is -1.62. The third-order valence-corrected chi connectivity index (χ3v) is 4.75. The van der Waals surface area contributed by atoms with E-state index in [-0.39, 0.29) is 6.10 Å². The highest BCUT2D eigenvalue weighted by Gasteiger charge is 2.24. The number of aliphatic hydroxyl groups excluding tert-OH is 1. The van der Waals surface area contributed by atoms with Crippen molar-refractivity contribution >= 4 is 10.8 Å². The molecule has 1 aliphatic heterocycles. The summed E-state index contributed by atoms with van der Waals surface area (Å²) in [5.74, 6) is 0.939. The normalized spacial score (nSPS) is 21.0. The number of ether oxygens (including phenoxy) is 1. The van der Waals surface area contributed by atoms with Crippen molar-refractivity contribution in [1.29, 1.82) is 0 Å². The van der Waals surface area contributed by atoms with Crippen LogP contribution in [0.15, 0.2) is 42.5 Å². The van der Waals surface area contributed by atoms with Crippen molar-refractivity contribution in [2.45, 2.75) is 26.0 Å². The third-order valence-electron chi connectivity index (χ3n) is 4.75. The molecule has 1 saturated heterocycles. The predicted molar refractivity (Wildman–Crippen MR) is 98.6 cm³/mol. The Morgan fingerprint density at radius 1 is 1.17 bits per heavy atom. The second kappa shape index (κ2) is 7.97. The van der Waals surface area contributed by atoms with Gasteiger partial charge in [-0.2, -0.15) is 0 Å². The molecule has 4 heteroatoms. The van der Waals surface area contributed by atoms with Crippen LogP contribution >= 0.6 is 0 Å². The summed E-state index contributed by atoms with van der Waals surface area (Å²) in [4.78, 5) is 4.82. The van der Waals surface area contributed by atoms with Crippen LogP contribution in [0.1, 0.15) is 13.8 Å². The van der Waals surface area contributed by atoms with Crippen LogP contribution in [-0.2, 0) is 0 Å². The average molecular weight is 328 g/mol. The summed E-state index contributed by atoms with van der Waals surface area (Å²) >= 11 is 0. The molecule has 1 aliphatic rings. The quantitative estimate of drug-likeness (QED) is 0.884. The molecule has 0 radical (unpaired) electrons. The summed E-state index contributed by atoms with van der Waals surface area (Å²) in [5.41, 5.74) is 0. The summed E-state index contributed by atoms with van der Waals surface area (Å²) in [6.45, 7) is 9.60. The van der Waals surface area contributed by atoms with Gasteiger partial charge in [0.05, 0.1) is 6.10 Å². The molecule has 1 heterocycles. The summed E-state index contributed by atoms with van der Waals surface area (Å²) in [5, 5.41) is 12.0. The molecule has 1 fully saturated rings. The van der Waals surface area contributed by atoms with Gasteiger partial charge in [0, 0.05) is 38.8 Å². The fraction of sp³-hybridized carbons (Fsp3) is 0.500. The zero-order valence-corrected chi connectivity index (χ0v) is 14.7. The molecule has 0 amide bonds. The van der Waals surface area contributed by atoms with E-state index in [1.807, 2.05) is 13.0 Å². The van der Waals surface area contributed by atoms with Gasteiger partial charge in [0.2, 0.25) is 0 Å². The van der Waals surface area contributed by atoms with E-state index in [2.05, 4.69) is 53.1 Å². The maximum Gasteiger partial charge on any atom is 0.120 e. The number of benzene rings is 2. The van der Waals surface area contributed by atoms with Crippen molar-refractivity contribution in [3.63, 3.8) is 0 Å². The van der Waals surface area contributed by atoms with E-state index in [0.29, 0.717) is 12.6 Å². The van der Waals surface area contributed by atoms with Crippen LogP contribution in [0.5, 0.6) is 5.75 Å². The van der Waals surface area contributed by atoms with Gasteiger partial charge in [0.25, 0.3) is 0 Å². The molecule has 3 rings (SSSR count). The molecule has 0 spiro atoms. The molecule has 0 saturated carbocycles. The van der Waals surface area contributed by atoms with E-state index < -0.39 is 0 Å². The number of aliphatic hydroxyl groups is 1. The minimum absolute atomic E-state index is 0.254. The molecule has 2 aromatic rings. The second-order valence-corrected chi connectivity index (χ2v) is 6.85. The number of nitrogens with zero attached hydrogens (tertiary/aromatic N) is 2. The van der Waals surface area contributed by atoms with Crippen LogP contribution in [0.4, 0.5) is 0 Å². The van der Waals surface area contributed by atoms with E-state index in [4.69, 9.17) is 4.74 Å². The average Bonchev–Trinajstić information content (AvgIpc) is 2.57. The van der Waals surface area contributed by atoms with Crippen molar-refractivity contribution in [2.75, 3.05) is 39.3 Å². The highest BCUT2D eigenvalue weighted by atomic mass is 16.5. The van der Waals surface area contributed by atoms with E-state index >= 15 is 0 Å². The molecule has 0 bridgehead atoms. The van der Waals surface area contributed by atoms with Gasteiger partial charge < -0.3 is 9.84 Å². The first-order chi connectivity index (χ1) is 11.6. The first-order valence-corrected chi connectivity index (χ1v) is 8.88. The van der Waals surface area contributed by atoms with Gasteiger partial charge in [-0.3, -0.25) is 9.80 Å². The Balaban J connectivity index is 1.46. The van der Waals surface area contributed by atoms with E-state index in [1.165, 1.54) is 10.8 Å². The zero-order chi connectivity index (χ0) is 16.9. The Kier molecular flexibility index (Phi) is 5.72. The van der Waals surface area contributed by atoms with E-state index in [0.717, 1.165) is 38.5 Å². The summed E-state index contributed by atoms with van der Waals surface area (Å²) in [6.07, 6.45) is -0.254. The van der Waals surface area contributed by atoms with Crippen LogP contribution in [0, 0.1) is 0 Å². The molecule has 24 heavy (non-hydrogen) atoms. The highest BCUT2D eigenvalue weighted by molar-refractivity contribution is 5.83. The lowest BCUT2D eigenvalue weighted by molar-refractivity contribution is 0.0405. The standard InChI is InChI=1S/C20H28N2O2/c1-16-14-21(9-10-22(16)15-17(2)23)11-12-24-20-8-7-18-5-3-4-6-19(18)13-20/h3-8,13,16-17,23H,9-12,14-15H2,1-2H3/t16-,17-/m1/s1. The van der Waals surface area contributed by atoms with E-state index in [1.54, 1.807) is 0 Å². The number of β-amino-alcohol motifs (C(OH)–C–C–N with tert-alkyl or cyclic N) is 1. The number of fused-ring (bicyclic) bond motifs is 1. The van der Waals surface area contributed by atoms with Gasteiger partial charge in [-0.1, -0.05) is 30.3 Å². The van der Waals surface area contributed by atoms with E-state index in [9.17, 15) is 5.11 Å². The fourth-order valence-corrected chi connectivity index (χ4v) is 3.43. The minimum Gasteiger partial charge on any atom is -0.492 e. The lowest BCUT2D eigenvalue weighted by atomic mass is 10.1. The lowest BCUT2D eigenvalue weighted by Crippen LogP contribution is -2.54. The van der Waals surface area contributed by atoms with Gasteiger partial charge >= 0.3 is 0 Å². The highest BCUT2D eigenvalue weighted by Crippen LogP contribution is 2.20. The monoisotopic (exact) mass is 328 g/mol. The Bertz CT molecular complexity index is 659. The van der Waals surface area contributed by atoms with Crippen LogP contribution in [0.2, 0.25) is 0 Å². The van der Waals surface area contributed by atoms with Crippen LogP contribution in [-0.4, -0.2) is 66.4 Å². The number of hydrogen-bond acceptors (Lipinski definition) is 4. The molecular formula is C20H28N2O2. The second-order valence-electron chi connectivity index (χ2n) is 6.85. The molecule has 2 aromatic carbocycles. The molecular weight excluding hydrogens is 300 g/mol. The van der Waals surface area contributed by atoms with Gasteiger partial charge in [0.15, 0.2) is 0 Å². The van der Waals surface area contributed by atoms with Crippen molar-refractivity contribution in [3.05, 3.63) is 42.5 Å². The SMILES string of the molecule is C[C@@H]1CN(CCOc2ccc3ccccc3c2)CCN1C[C@@H](C)O. The zero-order valence-electron chi connectivity index (χ0n) is 14.7. The Morgan fingerprint density at radius 3 is 2.71 bits per heavy atom. The predicted octanol–water partition coefficient (Wildman–Crippen LogP) is 2.61. The van der Waals surface area contributed by atoms with Crippen molar-refractivity contribution in [1.82, 2.24) is 9.80 Å². The topological polar surface area (TPSA) is 35.9 Å². The molecule has 2 atom stereocenters. The number of piperazine rings is 1. The van der Waals surface area contributed by atoms with Crippen molar-refractivity contribution < 1.29 is 9.84 Å². The Morgan fingerprint density at radius 2 is 1.96 bits per heavy atom. The van der Waals surface area contributed by atoms with Crippen LogP contribution < -0.4 is 4.74 Å². The first-order valence-electron chi connectivity index (χ1n) is 8.88. The molecule has 0 aliphatic carbocycles. The maximum absolute atomic E-state index is 9.56.